The normalized spacial score (nSPS) is 19.1. The number of aromatic nitrogens is 3. The first-order valence-electron chi connectivity index (χ1n) is 15.8. The Balaban J connectivity index is 1.42. The van der Waals surface area contributed by atoms with Crippen LogP contribution in [-0.2, 0) is 44.2 Å². The van der Waals surface area contributed by atoms with Crippen LogP contribution in [0.2, 0.25) is 25.7 Å². The molecule has 0 bridgehead atoms. The van der Waals surface area contributed by atoms with Crippen LogP contribution in [-0.4, -0.2) is 90.8 Å². The number of hydrogen-bond acceptors (Lipinski definition) is 9. The van der Waals surface area contributed by atoms with E-state index in [0.29, 0.717) is 18.7 Å². The van der Waals surface area contributed by atoms with Gasteiger partial charge in [-0.3, -0.25) is 29.3 Å². The van der Waals surface area contributed by atoms with E-state index in [9.17, 15) is 22.8 Å². The molecular weight excluding hydrogens is 646 g/mol. The first kappa shape index (κ1) is 33.2. The highest BCUT2D eigenvalue weighted by Crippen LogP contribution is 2.36. The second-order valence-corrected chi connectivity index (χ2v) is 21.1. The number of rotatable bonds is 11. The minimum atomic E-state index is -3.74. The Hall–Kier alpha value is -3.73. The molecule has 13 nitrogen and oxygen atoms in total. The summed E-state index contributed by atoms with van der Waals surface area (Å²) in [5.74, 6) is -2.09. The fraction of sp³-hybridized carbons (Fsp3) is 0.516. The van der Waals surface area contributed by atoms with Gasteiger partial charge in [-0.05, 0) is 62.2 Å². The monoisotopic (exact) mass is 685 g/mol. The molecule has 1 aromatic carbocycles. The van der Waals surface area contributed by atoms with Crippen LogP contribution in [0, 0.1) is 5.82 Å². The molecule has 2 N–H and O–H groups in total. The number of nitrogens with zero attached hydrogens (tertiary/aromatic N) is 5. The van der Waals surface area contributed by atoms with Crippen molar-refractivity contribution in [3.8, 4) is 11.3 Å². The lowest BCUT2D eigenvalue weighted by Crippen LogP contribution is -2.52. The third kappa shape index (κ3) is 7.10. The standard InChI is InChI=1S/C31H40FN7O6SSi/c1-46(43,44)36-29-27-28(39(35-29)18-45-13-14-47(2,3)4)19(16-37-11-5-6-12-37)15-23(33-27)21-8-7-20-22(26(21)32)17-38(31(20)42)24-9-10-25(40)34-30(24)41/h7-8,15,24H,5-6,9-14,16-18H2,1-4H3,(H,35,36)(H,34,40,41). The summed E-state index contributed by atoms with van der Waals surface area (Å²) in [5, 5.41) is 6.83. The predicted molar refractivity (Wildman–Crippen MR) is 176 cm³/mol. The van der Waals surface area contributed by atoms with Crippen molar-refractivity contribution >= 4 is 52.7 Å². The van der Waals surface area contributed by atoms with Gasteiger partial charge in [0.1, 0.15) is 24.1 Å². The number of carbonyl (C=O) groups is 3. The zero-order chi connectivity index (χ0) is 33.7. The molecule has 47 heavy (non-hydrogen) atoms. The Labute approximate surface area is 273 Å². The molecule has 6 rings (SSSR count). The van der Waals surface area contributed by atoms with Crippen LogP contribution in [0.1, 0.15) is 47.2 Å². The Kier molecular flexibility index (Phi) is 8.97. The van der Waals surface area contributed by atoms with Crippen molar-refractivity contribution in [2.75, 3.05) is 30.7 Å². The van der Waals surface area contributed by atoms with Gasteiger partial charge in [-0.25, -0.2) is 22.5 Å². The molecule has 252 valence electrons. The van der Waals surface area contributed by atoms with Crippen molar-refractivity contribution < 1.29 is 31.9 Å². The van der Waals surface area contributed by atoms with E-state index < -0.39 is 47.7 Å². The highest BCUT2D eigenvalue weighted by atomic mass is 32.2. The minimum Gasteiger partial charge on any atom is -0.360 e. The van der Waals surface area contributed by atoms with E-state index in [-0.39, 0.29) is 59.8 Å². The number of piperidine rings is 1. The van der Waals surface area contributed by atoms with Gasteiger partial charge >= 0.3 is 0 Å². The van der Waals surface area contributed by atoms with Gasteiger partial charge in [0.15, 0.2) is 5.82 Å². The lowest BCUT2D eigenvalue weighted by Gasteiger charge is -2.29. The number of imide groups is 1. The number of ether oxygens (including phenoxy) is 1. The van der Waals surface area contributed by atoms with Crippen molar-refractivity contribution in [3.63, 3.8) is 0 Å². The summed E-state index contributed by atoms with van der Waals surface area (Å²) in [6.45, 7) is 9.56. The van der Waals surface area contributed by atoms with Crippen LogP contribution < -0.4 is 10.0 Å². The van der Waals surface area contributed by atoms with Gasteiger partial charge < -0.3 is 9.64 Å². The van der Waals surface area contributed by atoms with Crippen molar-refractivity contribution in [1.82, 2.24) is 29.9 Å². The van der Waals surface area contributed by atoms with Crippen LogP contribution in [0.25, 0.3) is 22.3 Å². The maximum absolute atomic E-state index is 16.4. The fourth-order valence-electron chi connectivity index (χ4n) is 6.37. The van der Waals surface area contributed by atoms with E-state index in [1.807, 2.05) is 0 Å². The topological polar surface area (TPSA) is 156 Å². The average molecular weight is 686 g/mol. The number of amides is 3. The highest BCUT2D eigenvalue weighted by Gasteiger charge is 2.40. The smallest absolute Gasteiger partial charge is 0.255 e. The quantitative estimate of drug-likeness (QED) is 0.176. The number of nitrogens with one attached hydrogen (secondary N) is 2. The number of hydrogen-bond donors (Lipinski definition) is 2. The zero-order valence-electron chi connectivity index (χ0n) is 27.1. The number of likely N-dealkylation sites (tertiary alicyclic amines) is 1. The van der Waals surface area contributed by atoms with Gasteiger partial charge in [0.2, 0.25) is 21.8 Å². The third-order valence-electron chi connectivity index (χ3n) is 8.78. The van der Waals surface area contributed by atoms with E-state index in [1.165, 1.54) is 17.0 Å². The van der Waals surface area contributed by atoms with E-state index in [1.54, 1.807) is 10.7 Å². The number of benzene rings is 1. The summed E-state index contributed by atoms with van der Waals surface area (Å²) < 4.78 is 51.3. The van der Waals surface area contributed by atoms with E-state index in [0.717, 1.165) is 43.8 Å². The molecule has 3 aliphatic heterocycles. The number of pyridine rings is 1. The van der Waals surface area contributed by atoms with E-state index in [4.69, 9.17) is 9.72 Å². The SMILES string of the molecule is C[Si](C)(C)CCOCn1nc(NS(C)(=O)=O)c2nc(-c3ccc4c(c3F)CN(C3CCC(=O)NC3=O)C4=O)cc(CN3CCCC3)c21. The summed E-state index contributed by atoms with van der Waals surface area (Å²) in [6, 6.07) is 4.89. The van der Waals surface area contributed by atoms with Gasteiger partial charge in [-0.15, -0.1) is 5.10 Å². The molecule has 3 amide bonds. The van der Waals surface area contributed by atoms with Crippen LogP contribution in [0.15, 0.2) is 18.2 Å². The second-order valence-electron chi connectivity index (χ2n) is 13.8. The molecule has 1 unspecified atom stereocenters. The summed E-state index contributed by atoms with van der Waals surface area (Å²) >= 11 is 0. The molecule has 0 aliphatic carbocycles. The fourth-order valence-corrected chi connectivity index (χ4v) is 7.62. The zero-order valence-corrected chi connectivity index (χ0v) is 28.9. The lowest BCUT2D eigenvalue weighted by atomic mass is 10.0. The molecule has 3 aromatic rings. The molecule has 3 aliphatic rings. The van der Waals surface area contributed by atoms with Crippen LogP contribution in [0.4, 0.5) is 10.2 Å². The number of anilines is 1. The minimum absolute atomic E-state index is 0.0154. The number of fused-ring (bicyclic) bond motifs is 2. The lowest BCUT2D eigenvalue weighted by molar-refractivity contribution is -0.136. The summed E-state index contributed by atoms with van der Waals surface area (Å²) in [6.07, 6.45) is 3.40. The summed E-state index contributed by atoms with van der Waals surface area (Å²) in [7, 11) is -5.09. The van der Waals surface area contributed by atoms with Crippen molar-refractivity contribution in [1.29, 1.82) is 0 Å². The first-order chi connectivity index (χ1) is 22.2. The summed E-state index contributed by atoms with van der Waals surface area (Å²) in [5.41, 5.74) is 2.33. The Bertz CT molecular complexity index is 1870. The third-order valence-corrected chi connectivity index (χ3v) is 11.1. The molecule has 2 aromatic heterocycles. The van der Waals surface area contributed by atoms with E-state index in [2.05, 4.69) is 39.7 Å². The highest BCUT2D eigenvalue weighted by molar-refractivity contribution is 7.92. The Morgan fingerprint density at radius 1 is 1.13 bits per heavy atom. The van der Waals surface area contributed by atoms with Gasteiger partial charge in [-0.2, -0.15) is 0 Å². The average Bonchev–Trinajstić information content (AvgIpc) is 3.69. The predicted octanol–water partition coefficient (Wildman–Crippen LogP) is 3.28. The first-order valence-corrected chi connectivity index (χ1v) is 21.4. The van der Waals surface area contributed by atoms with Crippen molar-refractivity contribution in [2.24, 2.45) is 0 Å². The van der Waals surface area contributed by atoms with Gasteiger partial charge in [0.05, 0.1) is 24.0 Å². The molecule has 0 saturated carbocycles. The van der Waals surface area contributed by atoms with Crippen LogP contribution >= 0.6 is 0 Å². The molecule has 2 fully saturated rings. The molecule has 0 radical (unpaired) electrons. The van der Waals surface area contributed by atoms with Gasteiger partial charge in [0, 0.05) is 44.3 Å². The number of carbonyl (C=O) groups excluding carboxylic acids is 3. The number of sulfonamides is 1. The van der Waals surface area contributed by atoms with E-state index >= 15 is 4.39 Å². The summed E-state index contributed by atoms with van der Waals surface area (Å²) in [4.78, 5) is 45.8. The van der Waals surface area contributed by atoms with Crippen LogP contribution in [0.3, 0.4) is 0 Å². The van der Waals surface area contributed by atoms with Crippen molar-refractivity contribution in [2.45, 2.75) is 77.2 Å². The van der Waals surface area contributed by atoms with Crippen LogP contribution in [0.5, 0.6) is 0 Å². The largest absolute Gasteiger partial charge is 0.360 e. The molecule has 0 spiro atoms. The Morgan fingerprint density at radius 2 is 1.85 bits per heavy atom. The maximum Gasteiger partial charge on any atom is 0.255 e. The molecular formula is C31H40FN7O6SSi. The molecule has 5 heterocycles. The molecule has 2 saturated heterocycles. The maximum atomic E-state index is 16.4. The Morgan fingerprint density at radius 3 is 2.53 bits per heavy atom. The molecule has 1 atom stereocenters. The van der Waals surface area contributed by atoms with Crippen molar-refractivity contribution in [3.05, 3.63) is 40.7 Å². The molecule has 16 heteroatoms. The van der Waals surface area contributed by atoms with Gasteiger partial charge in [0.25, 0.3) is 5.91 Å². The number of halogens is 1. The second kappa shape index (κ2) is 12.7. The van der Waals surface area contributed by atoms with Gasteiger partial charge in [-0.1, -0.05) is 19.6 Å².